The Morgan fingerprint density at radius 1 is 1.29 bits per heavy atom. The number of aliphatic hydroxyl groups excluding tert-OH is 2. The Morgan fingerprint density at radius 2 is 2.07 bits per heavy atom. The van der Waals surface area contributed by atoms with Gasteiger partial charge in [-0.2, -0.15) is 0 Å². The molecule has 0 bridgehead atoms. The minimum atomic E-state index is -0.847. The molecule has 2 aliphatic heterocycles. The van der Waals surface area contributed by atoms with Gasteiger partial charge in [-0.05, 0) is 51.1 Å². The van der Waals surface area contributed by atoms with Gasteiger partial charge in [0.05, 0.1) is 15.6 Å². The summed E-state index contributed by atoms with van der Waals surface area (Å²) in [6.45, 7) is 6.08. The number of fused-ring (bicyclic) bond motifs is 1. The number of aromatic nitrogens is 1. The van der Waals surface area contributed by atoms with Crippen molar-refractivity contribution in [2.24, 2.45) is 0 Å². The van der Waals surface area contributed by atoms with Gasteiger partial charge in [0.1, 0.15) is 12.0 Å². The first kappa shape index (κ1) is 19.2. The number of thiophene rings is 1. The summed E-state index contributed by atoms with van der Waals surface area (Å²) >= 11 is 8.03. The maximum atomic E-state index is 10.4. The number of nitrogens with one attached hydrogen (secondary N) is 1. The molecule has 2 aromatic heterocycles. The van der Waals surface area contributed by atoms with Crippen LogP contribution in [-0.4, -0.2) is 38.6 Å². The molecule has 2 unspecified atom stereocenters. The highest BCUT2D eigenvalue weighted by molar-refractivity contribution is 7.15. The third-order valence-corrected chi connectivity index (χ3v) is 6.10. The first-order valence-corrected chi connectivity index (χ1v) is 10.3. The van der Waals surface area contributed by atoms with Crippen molar-refractivity contribution in [1.29, 1.82) is 0 Å². The Bertz CT molecular complexity index is 1010. The number of nitrogens with zero attached hydrogens (tertiary/aromatic N) is 2. The number of hydrogen-bond donors (Lipinski definition) is 3. The fourth-order valence-corrected chi connectivity index (χ4v) is 4.44. The monoisotopic (exact) mass is 415 g/mol. The Labute approximate surface area is 173 Å². The van der Waals surface area contributed by atoms with E-state index in [9.17, 15) is 10.2 Å². The minimum absolute atomic E-state index is 0.0854. The molecule has 4 rings (SSSR count). The molecule has 0 amide bonds. The van der Waals surface area contributed by atoms with Crippen LogP contribution in [0, 0.1) is 6.92 Å². The molecule has 0 aromatic carbocycles. The summed E-state index contributed by atoms with van der Waals surface area (Å²) in [5.41, 5.74) is 3.53. The summed E-state index contributed by atoms with van der Waals surface area (Å²) in [6.07, 6.45) is 5.68. The average Bonchev–Trinajstić information content (AvgIpc) is 3.08. The predicted octanol–water partition coefficient (Wildman–Crippen LogP) is 4.38. The molecule has 0 saturated carbocycles. The number of aliphatic hydroxyl groups is 2. The highest BCUT2D eigenvalue weighted by Crippen LogP contribution is 2.39. The van der Waals surface area contributed by atoms with E-state index in [-0.39, 0.29) is 6.04 Å². The number of hydrogen-bond acceptors (Lipinski definition) is 6. The molecule has 7 heteroatoms. The zero-order valence-electron chi connectivity index (χ0n) is 15.8. The van der Waals surface area contributed by atoms with Gasteiger partial charge >= 0.3 is 0 Å². The van der Waals surface area contributed by atoms with Gasteiger partial charge < -0.3 is 20.4 Å². The summed E-state index contributed by atoms with van der Waals surface area (Å²) in [6, 6.07) is 6.25. The molecule has 0 aliphatic carbocycles. The molecule has 5 nitrogen and oxygen atoms in total. The standard InChI is InChI=1S/C21H22ClN3O2S/c1-11(2)25-10-14(9-16(22)21(25)27)15-8-13-5-7-18(26)23-20(13)24-19(15)17-6-4-12(3)28-17/h4-11,18,21,26-27H,1-3H3,(H,23,24). The smallest absolute Gasteiger partial charge is 0.163 e. The van der Waals surface area contributed by atoms with Crippen LogP contribution in [0.15, 0.2) is 41.6 Å². The van der Waals surface area contributed by atoms with E-state index in [0.29, 0.717) is 10.9 Å². The summed E-state index contributed by atoms with van der Waals surface area (Å²) in [4.78, 5) is 8.89. The Hall–Kier alpha value is -2.12. The lowest BCUT2D eigenvalue weighted by molar-refractivity contribution is 0.0537. The molecule has 2 aromatic rings. The number of allylic oxidation sites excluding steroid dienone is 2. The first-order valence-electron chi connectivity index (χ1n) is 9.13. The SMILES string of the molecule is Cc1ccc(-c2nc3c(cc2C2=CN(C(C)C)C(O)C(Cl)=C2)C=CC(O)N3)s1. The summed E-state index contributed by atoms with van der Waals surface area (Å²) in [5.74, 6) is 0.645. The van der Waals surface area contributed by atoms with E-state index in [1.807, 2.05) is 37.1 Å². The van der Waals surface area contributed by atoms with E-state index >= 15 is 0 Å². The number of halogens is 1. The van der Waals surface area contributed by atoms with Gasteiger partial charge in [-0.3, -0.25) is 0 Å². The second kappa shape index (κ2) is 7.37. The molecular weight excluding hydrogens is 394 g/mol. The normalized spacial score (nSPS) is 21.3. The van der Waals surface area contributed by atoms with Crippen LogP contribution < -0.4 is 5.32 Å². The fourth-order valence-electron chi connectivity index (χ4n) is 3.34. The molecule has 2 atom stereocenters. The maximum Gasteiger partial charge on any atom is 0.163 e. The molecule has 4 heterocycles. The van der Waals surface area contributed by atoms with Gasteiger partial charge in [0, 0.05) is 33.8 Å². The third kappa shape index (κ3) is 3.49. The molecule has 0 saturated heterocycles. The Morgan fingerprint density at radius 3 is 2.75 bits per heavy atom. The average molecular weight is 416 g/mol. The Kier molecular flexibility index (Phi) is 5.05. The van der Waals surface area contributed by atoms with Gasteiger partial charge in [-0.15, -0.1) is 11.3 Å². The topological polar surface area (TPSA) is 68.6 Å². The van der Waals surface area contributed by atoms with Gasteiger partial charge in [-0.25, -0.2) is 4.98 Å². The summed E-state index contributed by atoms with van der Waals surface area (Å²) in [7, 11) is 0. The van der Waals surface area contributed by atoms with Crippen molar-refractivity contribution < 1.29 is 10.2 Å². The van der Waals surface area contributed by atoms with Crippen LogP contribution in [0.25, 0.3) is 22.2 Å². The van der Waals surface area contributed by atoms with Gasteiger partial charge in [0.2, 0.25) is 0 Å². The number of aryl methyl sites for hydroxylation is 1. The predicted molar refractivity (Wildman–Crippen MR) is 116 cm³/mol. The van der Waals surface area contributed by atoms with Crippen LogP contribution in [0.1, 0.15) is 29.9 Å². The van der Waals surface area contributed by atoms with Crippen LogP contribution >= 0.6 is 22.9 Å². The summed E-state index contributed by atoms with van der Waals surface area (Å²) < 4.78 is 0. The van der Waals surface area contributed by atoms with E-state index in [4.69, 9.17) is 16.6 Å². The second-order valence-electron chi connectivity index (χ2n) is 7.21. The molecule has 0 spiro atoms. The zero-order valence-corrected chi connectivity index (χ0v) is 17.4. The largest absolute Gasteiger partial charge is 0.370 e. The lowest BCUT2D eigenvalue weighted by atomic mass is 9.97. The van der Waals surface area contributed by atoms with Crippen molar-refractivity contribution in [3.63, 3.8) is 0 Å². The molecule has 28 heavy (non-hydrogen) atoms. The minimum Gasteiger partial charge on any atom is -0.370 e. The van der Waals surface area contributed by atoms with E-state index in [0.717, 1.165) is 27.3 Å². The van der Waals surface area contributed by atoms with Crippen LogP contribution in [0.4, 0.5) is 5.82 Å². The van der Waals surface area contributed by atoms with Gasteiger partial charge in [0.15, 0.2) is 6.23 Å². The van der Waals surface area contributed by atoms with E-state index in [1.54, 1.807) is 23.5 Å². The fraction of sp³-hybridized carbons (Fsp3) is 0.286. The molecule has 0 radical (unpaired) electrons. The van der Waals surface area contributed by atoms with Crippen molar-refractivity contribution in [1.82, 2.24) is 9.88 Å². The Balaban J connectivity index is 1.91. The number of rotatable bonds is 3. The van der Waals surface area contributed by atoms with E-state index in [2.05, 4.69) is 24.4 Å². The summed E-state index contributed by atoms with van der Waals surface area (Å²) in [5, 5.41) is 23.7. The zero-order chi connectivity index (χ0) is 20.0. The van der Waals surface area contributed by atoms with Crippen LogP contribution in [0.5, 0.6) is 0 Å². The van der Waals surface area contributed by atoms with Crippen molar-refractivity contribution in [3.8, 4) is 10.6 Å². The number of anilines is 1. The van der Waals surface area contributed by atoms with E-state index < -0.39 is 12.5 Å². The van der Waals surface area contributed by atoms with Gasteiger partial charge in [-0.1, -0.05) is 17.7 Å². The molecular formula is C21H22ClN3O2S. The van der Waals surface area contributed by atoms with Crippen LogP contribution in [0.2, 0.25) is 0 Å². The number of pyridine rings is 1. The molecule has 0 fully saturated rings. The van der Waals surface area contributed by atoms with Crippen molar-refractivity contribution >= 4 is 40.4 Å². The second-order valence-corrected chi connectivity index (χ2v) is 8.93. The van der Waals surface area contributed by atoms with Crippen LogP contribution in [-0.2, 0) is 0 Å². The van der Waals surface area contributed by atoms with Crippen molar-refractivity contribution in [2.75, 3.05) is 5.32 Å². The lowest BCUT2D eigenvalue weighted by Crippen LogP contribution is -2.38. The maximum absolute atomic E-state index is 10.4. The highest BCUT2D eigenvalue weighted by Gasteiger charge is 2.26. The third-order valence-electron chi connectivity index (χ3n) is 4.79. The van der Waals surface area contributed by atoms with Crippen LogP contribution in [0.3, 0.4) is 0 Å². The molecule has 146 valence electrons. The lowest BCUT2D eigenvalue weighted by Gasteiger charge is -2.34. The quantitative estimate of drug-likeness (QED) is 0.694. The molecule has 2 aliphatic rings. The molecule has 3 N–H and O–H groups in total. The first-order chi connectivity index (χ1) is 13.3. The van der Waals surface area contributed by atoms with Crippen molar-refractivity contribution in [3.05, 3.63) is 57.6 Å². The van der Waals surface area contributed by atoms with Gasteiger partial charge in [0.25, 0.3) is 0 Å². The highest BCUT2D eigenvalue weighted by atomic mass is 35.5. The van der Waals surface area contributed by atoms with E-state index in [1.165, 1.54) is 4.88 Å². The van der Waals surface area contributed by atoms with Crippen molar-refractivity contribution in [2.45, 2.75) is 39.3 Å².